The molecule has 0 spiro atoms. The number of carbonyl (C=O) groups is 1. The van der Waals surface area contributed by atoms with Gasteiger partial charge < -0.3 is 11.1 Å². The van der Waals surface area contributed by atoms with Crippen molar-refractivity contribution in [3.05, 3.63) is 35.5 Å². The number of pyridine rings is 1. The second-order valence-corrected chi connectivity index (χ2v) is 5.91. The Morgan fingerprint density at radius 1 is 1.45 bits per heavy atom. The van der Waals surface area contributed by atoms with Gasteiger partial charge in [0.2, 0.25) is 5.91 Å². The highest BCUT2D eigenvalue weighted by atomic mass is 35.5. The first-order chi connectivity index (χ1) is 9.50. The second kappa shape index (κ2) is 4.72. The van der Waals surface area contributed by atoms with Crippen LogP contribution in [0.25, 0.3) is 10.9 Å². The van der Waals surface area contributed by atoms with Crippen LogP contribution < -0.4 is 11.1 Å². The van der Waals surface area contributed by atoms with Crippen molar-refractivity contribution in [1.82, 2.24) is 4.98 Å². The molecule has 1 aromatic heterocycles. The fourth-order valence-corrected chi connectivity index (χ4v) is 2.58. The van der Waals surface area contributed by atoms with Crippen LogP contribution in [-0.4, -0.2) is 16.4 Å². The SMILES string of the molecule is CC(N)(C(=O)Nc1ccc(Cl)c2cccnc12)C1CC1. The smallest absolute Gasteiger partial charge is 0.244 e. The van der Waals surface area contributed by atoms with Crippen molar-refractivity contribution in [3.63, 3.8) is 0 Å². The van der Waals surface area contributed by atoms with Crippen LogP contribution in [0.4, 0.5) is 5.69 Å². The summed E-state index contributed by atoms with van der Waals surface area (Å²) in [5, 5.41) is 4.32. The number of nitrogens with zero attached hydrogens (tertiary/aromatic N) is 1. The Bertz CT molecular complexity index is 680. The van der Waals surface area contributed by atoms with Crippen molar-refractivity contribution >= 4 is 34.1 Å². The molecule has 1 heterocycles. The number of hydrogen-bond donors (Lipinski definition) is 2. The standard InChI is InChI=1S/C15H16ClN3O/c1-15(17,9-4-5-9)14(20)19-12-7-6-11(16)10-3-2-8-18-13(10)12/h2-3,6-9H,4-5,17H2,1H3,(H,19,20). The van der Waals surface area contributed by atoms with E-state index in [0.717, 1.165) is 18.2 Å². The molecular formula is C15H16ClN3O. The second-order valence-electron chi connectivity index (χ2n) is 5.51. The van der Waals surface area contributed by atoms with Gasteiger partial charge in [-0.2, -0.15) is 0 Å². The van der Waals surface area contributed by atoms with Gasteiger partial charge in [-0.1, -0.05) is 11.6 Å². The molecule has 1 aromatic carbocycles. The van der Waals surface area contributed by atoms with E-state index in [2.05, 4.69) is 10.3 Å². The summed E-state index contributed by atoms with van der Waals surface area (Å²) in [6.07, 6.45) is 3.71. The highest BCUT2D eigenvalue weighted by molar-refractivity contribution is 6.36. The topological polar surface area (TPSA) is 68.0 Å². The lowest BCUT2D eigenvalue weighted by atomic mass is 9.96. The van der Waals surface area contributed by atoms with E-state index in [0.29, 0.717) is 16.2 Å². The average molecular weight is 290 g/mol. The molecule has 0 aliphatic heterocycles. The first-order valence-corrected chi connectivity index (χ1v) is 7.01. The number of nitrogens with one attached hydrogen (secondary N) is 1. The van der Waals surface area contributed by atoms with Crippen LogP contribution in [0.3, 0.4) is 0 Å². The lowest BCUT2D eigenvalue weighted by Crippen LogP contribution is -2.50. The van der Waals surface area contributed by atoms with Gasteiger partial charge in [-0.25, -0.2) is 0 Å². The molecule has 20 heavy (non-hydrogen) atoms. The maximum atomic E-state index is 12.3. The van der Waals surface area contributed by atoms with Crippen molar-refractivity contribution in [3.8, 4) is 0 Å². The molecular weight excluding hydrogens is 274 g/mol. The number of anilines is 1. The quantitative estimate of drug-likeness (QED) is 0.913. The van der Waals surface area contributed by atoms with E-state index in [-0.39, 0.29) is 11.8 Å². The third-order valence-electron chi connectivity index (χ3n) is 3.88. The molecule has 0 saturated heterocycles. The summed E-state index contributed by atoms with van der Waals surface area (Å²) in [5.74, 6) is 0.100. The van der Waals surface area contributed by atoms with Crippen molar-refractivity contribution in [2.75, 3.05) is 5.32 Å². The van der Waals surface area contributed by atoms with Gasteiger partial charge in [0.1, 0.15) is 0 Å². The Kier molecular flexibility index (Phi) is 3.15. The van der Waals surface area contributed by atoms with E-state index >= 15 is 0 Å². The van der Waals surface area contributed by atoms with E-state index in [9.17, 15) is 4.79 Å². The maximum Gasteiger partial charge on any atom is 0.244 e. The van der Waals surface area contributed by atoms with E-state index < -0.39 is 5.54 Å². The molecule has 1 atom stereocenters. The Balaban J connectivity index is 1.95. The number of fused-ring (bicyclic) bond motifs is 1. The number of amides is 1. The van der Waals surface area contributed by atoms with Crippen LogP contribution >= 0.6 is 11.6 Å². The largest absolute Gasteiger partial charge is 0.323 e. The normalized spacial score (nSPS) is 17.8. The molecule has 1 amide bonds. The Morgan fingerprint density at radius 2 is 2.20 bits per heavy atom. The molecule has 3 rings (SSSR count). The van der Waals surface area contributed by atoms with Gasteiger partial charge in [-0.05, 0) is 49.9 Å². The van der Waals surface area contributed by atoms with Crippen molar-refractivity contribution < 1.29 is 4.79 Å². The minimum Gasteiger partial charge on any atom is -0.323 e. The summed E-state index contributed by atoms with van der Waals surface area (Å²) in [5.41, 5.74) is 6.62. The maximum absolute atomic E-state index is 12.3. The first kappa shape index (κ1) is 13.3. The summed E-state index contributed by atoms with van der Waals surface area (Å²) in [6, 6.07) is 7.21. The highest BCUT2D eigenvalue weighted by Gasteiger charge is 2.44. The summed E-state index contributed by atoms with van der Waals surface area (Å²) in [7, 11) is 0. The molecule has 0 bridgehead atoms. The van der Waals surface area contributed by atoms with Gasteiger partial charge in [0.25, 0.3) is 0 Å². The Hall–Kier alpha value is -1.65. The molecule has 1 aliphatic carbocycles. The number of halogens is 1. The van der Waals surface area contributed by atoms with Crippen LogP contribution in [0.15, 0.2) is 30.5 Å². The Morgan fingerprint density at radius 3 is 2.90 bits per heavy atom. The van der Waals surface area contributed by atoms with Crippen LogP contribution in [0.5, 0.6) is 0 Å². The monoisotopic (exact) mass is 289 g/mol. The molecule has 1 fully saturated rings. The summed E-state index contributed by atoms with van der Waals surface area (Å²) < 4.78 is 0. The van der Waals surface area contributed by atoms with Gasteiger partial charge >= 0.3 is 0 Å². The minimum atomic E-state index is -0.833. The van der Waals surface area contributed by atoms with Gasteiger partial charge in [0, 0.05) is 11.6 Å². The molecule has 1 saturated carbocycles. The molecule has 0 radical (unpaired) electrons. The highest BCUT2D eigenvalue weighted by Crippen LogP contribution is 2.39. The van der Waals surface area contributed by atoms with E-state index in [1.165, 1.54) is 0 Å². The molecule has 4 nitrogen and oxygen atoms in total. The molecule has 3 N–H and O–H groups in total. The minimum absolute atomic E-state index is 0.172. The van der Waals surface area contributed by atoms with Crippen molar-refractivity contribution in [2.24, 2.45) is 11.7 Å². The van der Waals surface area contributed by atoms with Gasteiger partial charge in [0.05, 0.1) is 21.8 Å². The van der Waals surface area contributed by atoms with E-state index in [1.54, 1.807) is 25.3 Å². The predicted molar refractivity (Wildman–Crippen MR) is 80.7 cm³/mol. The molecule has 2 aromatic rings. The molecule has 104 valence electrons. The molecule has 5 heteroatoms. The fourth-order valence-electron chi connectivity index (χ4n) is 2.36. The number of hydrogen-bond acceptors (Lipinski definition) is 3. The van der Waals surface area contributed by atoms with Gasteiger partial charge in [-0.15, -0.1) is 0 Å². The van der Waals surface area contributed by atoms with Gasteiger partial charge in [-0.3, -0.25) is 9.78 Å². The molecule has 1 aliphatic rings. The number of nitrogens with two attached hydrogens (primary N) is 1. The number of aromatic nitrogens is 1. The third-order valence-corrected chi connectivity index (χ3v) is 4.21. The van der Waals surface area contributed by atoms with Gasteiger partial charge in [0.15, 0.2) is 0 Å². The summed E-state index contributed by atoms with van der Waals surface area (Å²) >= 11 is 6.14. The first-order valence-electron chi connectivity index (χ1n) is 6.63. The summed E-state index contributed by atoms with van der Waals surface area (Å²) in [6.45, 7) is 1.78. The predicted octanol–water partition coefficient (Wildman–Crippen LogP) is 2.95. The molecule has 1 unspecified atom stereocenters. The van der Waals surface area contributed by atoms with Crippen LogP contribution in [0.2, 0.25) is 5.02 Å². The van der Waals surface area contributed by atoms with Crippen LogP contribution in [-0.2, 0) is 4.79 Å². The van der Waals surface area contributed by atoms with Crippen LogP contribution in [0, 0.1) is 5.92 Å². The zero-order valence-corrected chi connectivity index (χ0v) is 11.9. The Labute approximate surface area is 122 Å². The lowest BCUT2D eigenvalue weighted by molar-refractivity contribution is -0.121. The number of rotatable bonds is 3. The average Bonchev–Trinajstić information content (AvgIpc) is 3.27. The number of benzene rings is 1. The fraction of sp³-hybridized carbons (Fsp3) is 0.333. The van der Waals surface area contributed by atoms with E-state index in [4.69, 9.17) is 17.3 Å². The number of carbonyl (C=O) groups excluding carboxylic acids is 1. The van der Waals surface area contributed by atoms with Crippen molar-refractivity contribution in [1.29, 1.82) is 0 Å². The zero-order valence-electron chi connectivity index (χ0n) is 11.2. The van der Waals surface area contributed by atoms with E-state index in [1.807, 2.05) is 12.1 Å². The third kappa shape index (κ3) is 2.25. The lowest BCUT2D eigenvalue weighted by Gasteiger charge is -2.23. The van der Waals surface area contributed by atoms with Crippen LogP contribution in [0.1, 0.15) is 19.8 Å². The summed E-state index contributed by atoms with van der Waals surface area (Å²) in [4.78, 5) is 16.6. The zero-order chi connectivity index (χ0) is 14.3. The van der Waals surface area contributed by atoms with Crippen molar-refractivity contribution in [2.45, 2.75) is 25.3 Å².